The first-order chi connectivity index (χ1) is 12.3. The first kappa shape index (κ1) is 20.2. The highest BCUT2D eigenvalue weighted by atomic mass is 127. The van der Waals surface area contributed by atoms with Crippen molar-refractivity contribution in [2.24, 2.45) is 4.99 Å². The topological polar surface area (TPSA) is 41.4 Å². The van der Waals surface area contributed by atoms with Gasteiger partial charge in [-0.1, -0.05) is 30.3 Å². The van der Waals surface area contributed by atoms with Crippen LogP contribution in [-0.4, -0.2) is 24.1 Å². The Morgan fingerprint density at radius 3 is 2.58 bits per heavy atom. The summed E-state index contributed by atoms with van der Waals surface area (Å²) in [6.45, 7) is 2.40. The van der Waals surface area contributed by atoms with Gasteiger partial charge in [-0.05, 0) is 41.6 Å². The molecule has 1 heterocycles. The molecule has 138 valence electrons. The van der Waals surface area contributed by atoms with Crippen LogP contribution in [0.4, 0.5) is 4.39 Å². The number of hydrogen-bond acceptors (Lipinski definition) is 1. The number of rotatable bonds is 6. The Labute approximate surface area is 170 Å². The minimum Gasteiger partial charge on any atom is -0.356 e. The van der Waals surface area contributed by atoms with E-state index in [2.05, 4.69) is 56.7 Å². The third kappa shape index (κ3) is 5.45. The summed E-state index contributed by atoms with van der Waals surface area (Å²) in [6.07, 6.45) is 3.13. The summed E-state index contributed by atoms with van der Waals surface area (Å²) >= 11 is 0. The molecule has 0 radical (unpaired) electrons. The van der Waals surface area contributed by atoms with Gasteiger partial charge in [-0.2, -0.15) is 0 Å². The molecule has 6 heteroatoms. The van der Waals surface area contributed by atoms with E-state index in [1.54, 1.807) is 19.2 Å². The van der Waals surface area contributed by atoms with E-state index in [4.69, 9.17) is 0 Å². The van der Waals surface area contributed by atoms with Gasteiger partial charge in [-0.25, -0.2) is 4.39 Å². The highest BCUT2D eigenvalue weighted by Gasteiger charge is 2.01. The van der Waals surface area contributed by atoms with Crippen LogP contribution in [0, 0.1) is 5.82 Å². The number of aryl methyl sites for hydroxylation is 1. The lowest BCUT2D eigenvalue weighted by molar-refractivity contribution is 0.626. The van der Waals surface area contributed by atoms with Crippen molar-refractivity contribution in [3.8, 4) is 0 Å². The molecule has 2 aromatic carbocycles. The number of nitrogens with one attached hydrogen (secondary N) is 2. The summed E-state index contributed by atoms with van der Waals surface area (Å²) in [6, 6.07) is 17.0. The summed E-state index contributed by atoms with van der Waals surface area (Å²) < 4.78 is 15.2. The second-order valence-electron chi connectivity index (χ2n) is 5.90. The van der Waals surface area contributed by atoms with Gasteiger partial charge in [0.05, 0.1) is 0 Å². The SMILES string of the molecule is CN=C(NCCCn1ccc2ccccc21)NCc1ccc(F)cc1.I. The van der Waals surface area contributed by atoms with Crippen molar-refractivity contribution in [2.75, 3.05) is 13.6 Å². The van der Waals surface area contributed by atoms with Gasteiger partial charge in [-0.3, -0.25) is 4.99 Å². The van der Waals surface area contributed by atoms with Crippen LogP contribution in [0.15, 0.2) is 65.8 Å². The Hall–Kier alpha value is -2.09. The number of guanidine groups is 1. The molecule has 0 atom stereocenters. The quantitative estimate of drug-likeness (QED) is 0.248. The molecule has 0 aliphatic heterocycles. The molecule has 0 saturated carbocycles. The number of benzene rings is 2. The fraction of sp³-hybridized carbons (Fsp3) is 0.250. The van der Waals surface area contributed by atoms with Crippen LogP contribution in [0.5, 0.6) is 0 Å². The predicted octanol–water partition coefficient (Wildman–Crippen LogP) is 4.15. The van der Waals surface area contributed by atoms with Gasteiger partial charge < -0.3 is 15.2 Å². The van der Waals surface area contributed by atoms with E-state index in [1.807, 2.05) is 0 Å². The maximum absolute atomic E-state index is 12.9. The largest absolute Gasteiger partial charge is 0.356 e. The maximum Gasteiger partial charge on any atom is 0.191 e. The Kier molecular flexibility index (Phi) is 7.90. The molecule has 0 amide bonds. The predicted molar refractivity (Wildman–Crippen MR) is 117 cm³/mol. The van der Waals surface area contributed by atoms with Crippen LogP contribution in [0.1, 0.15) is 12.0 Å². The molecule has 0 saturated heterocycles. The number of aliphatic imine (C=N–C) groups is 1. The van der Waals surface area contributed by atoms with Crippen LogP contribution in [0.3, 0.4) is 0 Å². The Morgan fingerprint density at radius 1 is 1.04 bits per heavy atom. The van der Waals surface area contributed by atoms with Gasteiger partial charge in [0.15, 0.2) is 5.96 Å². The molecule has 0 fully saturated rings. The second kappa shape index (κ2) is 10.2. The number of aromatic nitrogens is 1. The Bertz CT molecular complexity index is 842. The average molecular weight is 466 g/mol. The van der Waals surface area contributed by atoms with Crippen molar-refractivity contribution in [3.05, 3.63) is 72.2 Å². The molecule has 1 aromatic heterocycles. The zero-order valence-corrected chi connectivity index (χ0v) is 17.1. The van der Waals surface area contributed by atoms with Gasteiger partial charge in [0.25, 0.3) is 0 Å². The number of hydrogen-bond donors (Lipinski definition) is 2. The zero-order chi connectivity index (χ0) is 17.5. The van der Waals surface area contributed by atoms with Crippen molar-refractivity contribution in [1.29, 1.82) is 0 Å². The van der Waals surface area contributed by atoms with Gasteiger partial charge in [-0.15, -0.1) is 24.0 Å². The number of para-hydroxylation sites is 1. The smallest absolute Gasteiger partial charge is 0.191 e. The molecule has 0 aliphatic rings. The van der Waals surface area contributed by atoms with Crippen LogP contribution < -0.4 is 10.6 Å². The van der Waals surface area contributed by atoms with Crippen molar-refractivity contribution in [2.45, 2.75) is 19.5 Å². The number of nitrogens with zero attached hydrogens (tertiary/aromatic N) is 2. The van der Waals surface area contributed by atoms with E-state index in [0.717, 1.165) is 31.0 Å². The molecule has 26 heavy (non-hydrogen) atoms. The molecular formula is C20H24FIN4. The van der Waals surface area contributed by atoms with E-state index in [9.17, 15) is 4.39 Å². The summed E-state index contributed by atoms with van der Waals surface area (Å²) in [5.74, 6) is 0.533. The minimum absolute atomic E-state index is 0. The van der Waals surface area contributed by atoms with Crippen molar-refractivity contribution in [1.82, 2.24) is 15.2 Å². The molecule has 0 bridgehead atoms. The van der Waals surface area contributed by atoms with E-state index in [0.29, 0.717) is 6.54 Å². The maximum atomic E-state index is 12.9. The fourth-order valence-electron chi connectivity index (χ4n) is 2.80. The van der Waals surface area contributed by atoms with Gasteiger partial charge >= 0.3 is 0 Å². The Balaban J connectivity index is 0.00000243. The van der Waals surface area contributed by atoms with E-state index < -0.39 is 0 Å². The zero-order valence-electron chi connectivity index (χ0n) is 14.8. The lowest BCUT2D eigenvalue weighted by Crippen LogP contribution is -2.37. The number of fused-ring (bicyclic) bond motifs is 1. The first-order valence-corrected chi connectivity index (χ1v) is 8.49. The van der Waals surface area contributed by atoms with Gasteiger partial charge in [0, 0.05) is 38.4 Å². The van der Waals surface area contributed by atoms with Crippen LogP contribution >= 0.6 is 24.0 Å². The third-order valence-electron chi connectivity index (χ3n) is 4.15. The van der Waals surface area contributed by atoms with Gasteiger partial charge in [0.1, 0.15) is 5.82 Å². The lowest BCUT2D eigenvalue weighted by atomic mass is 10.2. The first-order valence-electron chi connectivity index (χ1n) is 8.49. The molecule has 4 nitrogen and oxygen atoms in total. The Morgan fingerprint density at radius 2 is 1.81 bits per heavy atom. The minimum atomic E-state index is -0.219. The monoisotopic (exact) mass is 466 g/mol. The molecule has 3 aromatic rings. The van der Waals surface area contributed by atoms with Crippen molar-refractivity contribution in [3.63, 3.8) is 0 Å². The summed E-state index contributed by atoms with van der Waals surface area (Å²) in [7, 11) is 1.75. The van der Waals surface area contributed by atoms with E-state index in [1.165, 1.54) is 23.0 Å². The van der Waals surface area contributed by atoms with Crippen LogP contribution in [-0.2, 0) is 13.1 Å². The van der Waals surface area contributed by atoms with Crippen molar-refractivity contribution < 1.29 is 4.39 Å². The lowest BCUT2D eigenvalue weighted by Gasteiger charge is -2.12. The summed E-state index contributed by atoms with van der Waals surface area (Å²) in [5, 5.41) is 7.82. The van der Waals surface area contributed by atoms with Crippen molar-refractivity contribution >= 4 is 40.8 Å². The molecule has 0 unspecified atom stereocenters. The normalized spacial score (nSPS) is 11.2. The number of halogens is 2. The second-order valence-corrected chi connectivity index (χ2v) is 5.90. The highest BCUT2D eigenvalue weighted by Crippen LogP contribution is 2.15. The third-order valence-corrected chi connectivity index (χ3v) is 4.15. The molecule has 0 spiro atoms. The summed E-state index contributed by atoms with van der Waals surface area (Å²) in [5.41, 5.74) is 2.28. The fourth-order valence-corrected chi connectivity index (χ4v) is 2.80. The molecule has 2 N–H and O–H groups in total. The molecular weight excluding hydrogens is 442 g/mol. The van der Waals surface area contributed by atoms with Crippen LogP contribution in [0.25, 0.3) is 10.9 Å². The average Bonchev–Trinajstić information content (AvgIpc) is 3.06. The highest BCUT2D eigenvalue weighted by molar-refractivity contribution is 14.0. The molecule has 0 aliphatic carbocycles. The van der Waals surface area contributed by atoms with Gasteiger partial charge in [0.2, 0.25) is 0 Å². The van der Waals surface area contributed by atoms with E-state index in [-0.39, 0.29) is 29.8 Å². The molecule has 3 rings (SSSR count). The summed E-state index contributed by atoms with van der Waals surface area (Å²) in [4.78, 5) is 4.22. The van der Waals surface area contributed by atoms with Crippen LogP contribution in [0.2, 0.25) is 0 Å². The standard InChI is InChI=1S/C20H23FN4.HI/c1-22-20(24-15-16-7-9-18(21)10-8-16)23-12-4-13-25-14-11-17-5-2-3-6-19(17)25;/h2-3,5-11,14H,4,12-13,15H2,1H3,(H2,22,23,24);1H. The van der Waals surface area contributed by atoms with E-state index >= 15 is 0 Å².